The van der Waals surface area contributed by atoms with Crippen LogP contribution in [0.15, 0.2) is 30.3 Å². The molecule has 0 saturated carbocycles. The van der Waals surface area contributed by atoms with E-state index in [4.69, 9.17) is 0 Å². The average molecular weight is 305 g/mol. The summed E-state index contributed by atoms with van der Waals surface area (Å²) in [5, 5.41) is 4.65. The number of fused-ring (bicyclic) bond motifs is 1. The normalized spacial score (nSPS) is 11.5. The predicted octanol–water partition coefficient (Wildman–Crippen LogP) is 4.50. The number of rotatable bonds is 3. The second-order valence-electron chi connectivity index (χ2n) is 5.00. The van der Waals surface area contributed by atoms with Gasteiger partial charge in [-0.1, -0.05) is 0 Å². The Balaban J connectivity index is 2.30. The fourth-order valence-corrected chi connectivity index (χ4v) is 2.55. The summed E-state index contributed by atoms with van der Waals surface area (Å²) in [6, 6.07) is 6.97. The van der Waals surface area contributed by atoms with Crippen LogP contribution in [-0.2, 0) is 6.54 Å². The lowest BCUT2D eigenvalue weighted by atomic mass is 10.1. The molecule has 114 valence electrons. The van der Waals surface area contributed by atoms with E-state index < -0.39 is 6.43 Å². The summed E-state index contributed by atoms with van der Waals surface area (Å²) in [7, 11) is 0. The summed E-state index contributed by atoms with van der Waals surface area (Å²) in [6.07, 6.45) is -2.63. The molecule has 3 aromatic rings. The molecule has 0 atom stereocenters. The lowest BCUT2D eigenvalue weighted by molar-refractivity contribution is 0.153. The molecule has 3 nitrogen and oxygen atoms in total. The lowest BCUT2D eigenvalue weighted by Crippen LogP contribution is -1.99. The summed E-state index contributed by atoms with van der Waals surface area (Å²) in [5.41, 5.74) is 1.84. The molecule has 0 N–H and O–H groups in total. The summed E-state index contributed by atoms with van der Waals surface area (Å²) in [4.78, 5) is 4.45. The van der Waals surface area contributed by atoms with Gasteiger partial charge in [-0.3, -0.25) is 0 Å². The summed E-state index contributed by atoms with van der Waals surface area (Å²) in [5.74, 6) is -0.381. The van der Waals surface area contributed by atoms with Crippen LogP contribution in [0.1, 0.15) is 24.6 Å². The van der Waals surface area contributed by atoms with Gasteiger partial charge in [0.05, 0.1) is 16.8 Å². The number of hydrogen-bond donors (Lipinski definition) is 0. The third kappa shape index (κ3) is 2.34. The molecule has 6 heteroatoms. The Bertz CT molecular complexity index is 823. The highest BCUT2D eigenvalue weighted by atomic mass is 19.3. The van der Waals surface area contributed by atoms with Crippen molar-refractivity contribution in [3.8, 4) is 11.3 Å². The second kappa shape index (κ2) is 5.44. The summed E-state index contributed by atoms with van der Waals surface area (Å²) < 4.78 is 41.5. The third-order valence-electron chi connectivity index (χ3n) is 3.58. The Labute approximate surface area is 125 Å². The van der Waals surface area contributed by atoms with Crippen molar-refractivity contribution in [2.24, 2.45) is 0 Å². The molecule has 0 fully saturated rings. The molecule has 0 aliphatic rings. The predicted molar refractivity (Wildman–Crippen MR) is 78.3 cm³/mol. The van der Waals surface area contributed by atoms with Gasteiger partial charge in [0, 0.05) is 17.7 Å². The third-order valence-corrected chi connectivity index (χ3v) is 3.58. The molecule has 2 heterocycles. The maximum atomic E-state index is 13.4. The highest BCUT2D eigenvalue weighted by Crippen LogP contribution is 2.32. The van der Waals surface area contributed by atoms with E-state index in [1.807, 2.05) is 6.92 Å². The quantitative estimate of drug-likeness (QED) is 0.713. The van der Waals surface area contributed by atoms with Gasteiger partial charge < -0.3 is 0 Å². The van der Waals surface area contributed by atoms with Gasteiger partial charge in [0.25, 0.3) is 6.43 Å². The number of halogens is 3. The first-order chi connectivity index (χ1) is 10.5. The van der Waals surface area contributed by atoms with E-state index in [-0.39, 0.29) is 11.4 Å². The Kier molecular flexibility index (Phi) is 3.60. The van der Waals surface area contributed by atoms with Crippen LogP contribution >= 0.6 is 0 Å². The van der Waals surface area contributed by atoms with E-state index in [1.54, 1.807) is 11.6 Å². The first kappa shape index (κ1) is 14.6. The van der Waals surface area contributed by atoms with Gasteiger partial charge in [0.1, 0.15) is 5.82 Å². The Morgan fingerprint density at radius 3 is 2.45 bits per heavy atom. The van der Waals surface area contributed by atoms with Crippen LogP contribution in [0.4, 0.5) is 13.2 Å². The highest BCUT2D eigenvalue weighted by molar-refractivity contribution is 5.85. The van der Waals surface area contributed by atoms with Crippen molar-refractivity contribution >= 4 is 11.0 Å². The lowest BCUT2D eigenvalue weighted by Gasteiger charge is -2.08. The zero-order valence-electron chi connectivity index (χ0n) is 12.1. The van der Waals surface area contributed by atoms with E-state index in [1.165, 1.54) is 30.3 Å². The van der Waals surface area contributed by atoms with Crippen molar-refractivity contribution in [3.63, 3.8) is 0 Å². The van der Waals surface area contributed by atoms with Gasteiger partial charge in [-0.15, -0.1) is 0 Å². The molecular formula is C16H14F3N3. The maximum Gasteiger partial charge on any atom is 0.264 e. The highest BCUT2D eigenvalue weighted by Gasteiger charge is 2.20. The van der Waals surface area contributed by atoms with E-state index in [2.05, 4.69) is 10.1 Å². The minimum atomic E-state index is -2.63. The van der Waals surface area contributed by atoms with E-state index >= 15 is 0 Å². The molecule has 0 aliphatic heterocycles. The summed E-state index contributed by atoms with van der Waals surface area (Å²) in [6.45, 7) is 4.10. The number of nitrogens with zero attached hydrogens (tertiary/aromatic N) is 3. The minimum absolute atomic E-state index is 0.0958. The number of aryl methyl sites for hydroxylation is 2. The molecule has 2 aromatic heterocycles. The fraction of sp³-hybridized carbons (Fsp3) is 0.250. The van der Waals surface area contributed by atoms with Crippen LogP contribution in [0.3, 0.4) is 0 Å². The molecule has 0 amide bonds. The average Bonchev–Trinajstić information content (AvgIpc) is 2.83. The molecule has 0 spiro atoms. The maximum absolute atomic E-state index is 13.4. The van der Waals surface area contributed by atoms with E-state index in [9.17, 15) is 13.2 Å². The number of hydrogen-bond acceptors (Lipinski definition) is 2. The Morgan fingerprint density at radius 1 is 1.18 bits per heavy atom. The zero-order valence-corrected chi connectivity index (χ0v) is 12.1. The van der Waals surface area contributed by atoms with Crippen LogP contribution < -0.4 is 0 Å². The molecule has 3 rings (SSSR count). The number of alkyl halides is 2. The smallest absolute Gasteiger partial charge is 0.247 e. The van der Waals surface area contributed by atoms with Crippen LogP contribution in [0, 0.1) is 12.7 Å². The summed E-state index contributed by atoms with van der Waals surface area (Å²) >= 11 is 0. The Morgan fingerprint density at radius 2 is 1.86 bits per heavy atom. The van der Waals surface area contributed by atoms with E-state index in [0.29, 0.717) is 34.5 Å². The van der Waals surface area contributed by atoms with Gasteiger partial charge >= 0.3 is 0 Å². The van der Waals surface area contributed by atoms with E-state index in [0.717, 1.165) is 0 Å². The fourth-order valence-electron chi connectivity index (χ4n) is 2.55. The number of benzene rings is 1. The van der Waals surface area contributed by atoms with Crippen molar-refractivity contribution in [1.29, 1.82) is 0 Å². The van der Waals surface area contributed by atoms with Crippen molar-refractivity contribution in [1.82, 2.24) is 14.8 Å². The molecule has 0 unspecified atom stereocenters. The van der Waals surface area contributed by atoms with Crippen molar-refractivity contribution in [3.05, 3.63) is 47.4 Å². The molecule has 0 radical (unpaired) electrons. The Hall–Kier alpha value is -2.37. The largest absolute Gasteiger partial charge is 0.264 e. The van der Waals surface area contributed by atoms with Gasteiger partial charge in [-0.25, -0.2) is 22.8 Å². The van der Waals surface area contributed by atoms with Gasteiger partial charge in [-0.2, -0.15) is 5.10 Å². The monoisotopic (exact) mass is 305 g/mol. The van der Waals surface area contributed by atoms with Crippen LogP contribution in [0.2, 0.25) is 0 Å². The molecule has 1 aromatic carbocycles. The first-order valence-corrected chi connectivity index (χ1v) is 6.93. The van der Waals surface area contributed by atoms with Crippen LogP contribution in [-0.4, -0.2) is 14.8 Å². The SMILES string of the molecule is CCn1nc(C)c2c(C(F)F)cc(-c3ccc(F)cc3)nc21. The molecular weight excluding hydrogens is 291 g/mol. The molecule has 0 bridgehead atoms. The van der Waals surface area contributed by atoms with Gasteiger partial charge in [-0.05, 0) is 44.2 Å². The van der Waals surface area contributed by atoms with Crippen LogP contribution in [0.5, 0.6) is 0 Å². The second-order valence-corrected chi connectivity index (χ2v) is 5.00. The molecule has 0 saturated heterocycles. The number of aromatic nitrogens is 3. The van der Waals surface area contributed by atoms with Crippen molar-refractivity contribution < 1.29 is 13.2 Å². The topological polar surface area (TPSA) is 30.7 Å². The number of pyridine rings is 1. The zero-order chi connectivity index (χ0) is 15.9. The standard InChI is InChI=1S/C16H14F3N3/c1-3-22-16-14(9(2)21-22)12(15(18)19)8-13(20-16)10-4-6-11(17)7-5-10/h4-8,15H,3H2,1-2H3. The minimum Gasteiger partial charge on any atom is -0.247 e. The van der Waals surface area contributed by atoms with Gasteiger partial charge in [0.15, 0.2) is 5.65 Å². The van der Waals surface area contributed by atoms with Crippen molar-refractivity contribution in [2.75, 3.05) is 0 Å². The molecule has 22 heavy (non-hydrogen) atoms. The van der Waals surface area contributed by atoms with Gasteiger partial charge in [0.2, 0.25) is 0 Å². The first-order valence-electron chi connectivity index (χ1n) is 6.93. The molecule has 0 aliphatic carbocycles. The van der Waals surface area contributed by atoms with Crippen LogP contribution in [0.25, 0.3) is 22.3 Å². The van der Waals surface area contributed by atoms with Crippen molar-refractivity contribution in [2.45, 2.75) is 26.8 Å².